The van der Waals surface area contributed by atoms with E-state index in [1.807, 2.05) is 43.9 Å². The predicted molar refractivity (Wildman–Crippen MR) is 90.9 cm³/mol. The lowest BCUT2D eigenvalue weighted by Gasteiger charge is -2.36. The van der Waals surface area contributed by atoms with Gasteiger partial charge in [0.1, 0.15) is 12.4 Å². The van der Waals surface area contributed by atoms with Gasteiger partial charge in [-0.25, -0.2) is 9.78 Å². The Hall–Kier alpha value is -2.11. The number of rotatable bonds is 2. The molecule has 2 fully saturated rings. The van der Waals surface area contributed by atoms with Gasteiger partial charge in [-0.2, -0.15) is 0 Å². The minimum atomic E-state index is -0.365. The average Bonchev–Trinajstić information content (AvgIpc) is 2.99. The molecule has 1 atom stereocenters. The summed E-state index contributed by atoms with van der Waals surface area (Å²) in [5.41, 5.74) is 0.579. The van der Waals surface area contributed by atoms with Crippen molar-refractivity contribution < 1.29 is 14.3 Å². The van der Waals surface area contributed by atoms with Gasteiger partial charge in [-0.15, -0.1) is 0 Å². The first-order valence-electron chi connectivity index (χ1n) is 8.57. The highest BCUT2D eigenvalue weighted by atomic mass is 16.6. The van der Waals surface area contributed by atoms with E-state index in [1.165, 1.54) is 0 Å². The smallest absolute Gasteiger partial charge is 0.415 e. The van der Waals surface area contributed by atoms with Crippen molar-refractivity contribution in [2.75, 3.05) is 31.1 Å². The Labute approximate surface area is 142 Å². The number of likely N-dealkylation sites (tertiary alicyclic amines) is 1. The summed E-state index contributed by atoms with van der Waals surface area (Å²) >= 11 is 0. The Bertz CT molecular complexity index is 639. The Kier molecular flexibility index (Phi) is 4.47. The molecule has 130 valence electrons. The second-order valence-electron chi connectivity index (χ2n) is 7.53. The molecule has 0 radical (unpaired) electrons. The topological polar surface area (TPSA) is 62.7 Å². The van der Waals surface area contributed by atoms with Crippen molar-refractivity contribution in [3.8, 4) is 0 Å². The molecule has 24 heavy (non-hydrogen) atoms. The zero-order chi connectivity index (χ0) is 17.3. The van der Waals surface area contributed by atoms with E-state index in [0.717, 1.165) is 25.1 Å². The number of hydrogen-bond acceptors (Lipinski definition) is 4. The number of carbonyl (C=O) groups is 2. The number of ether oxygens (including phenoxy) is 1. The number of anilines is 1. The van der Waals surface area contributed by atoms with Crippen LogP contribution in [0.5, 0.6) is 0 Å². The summed E-state index contributed by atoms with van der Waals surface area (Å²) in [6.45, 7) is 8.31. The largest absolute Gasteiger partial charge is 0.447 e. The van der Waals surface area contributed by atoms with Gasteiger partial charge in [0.05, 0.1) is 6.54 Å². The van der Waals surface area contributed by atoms with Gasteiger partial charge in [0.15, 0.2) is 0 Å². The van der Waals surface area contributed by atoms with Gasteiger partial charge < -0.3 is 9.64 Å². The molecule has 0 spiro atoms. The number of aromatic nitrogens is 1. The zero-order valence-electron chi connectivity index (χ0n) is 14.6. The van der Waals surface area contributed by atoms with Crippen molar-refractivity contribution in [2.45, 2.75) is 39.5 Å². The number of amides is 2. The van der Waals surface area contributed by atoms with E-state index in [-0.39, 0.29) is 23.3 Å². The number of pyridine rings is 1. The zero-order valence-corrected chi connectivity index (χ0v) is 14.6. The maximum atomic E-state index is 12.6. The van der Waals surface area contributed by atoms with Gasteiger partial charge in [0, 0.05) is 30.1 Å². The van der Waals surface area contributed by atoms with Gasteiger partial charge >= 0.3 is 6.09 Å². The van der Waals surface area contributed by atoms with Crippen LogP contribution < -0.4 is 4.90 Å². The Morgan fingerprint density at radius 1 is 1.29 bits per heavy atom. The molecule has 0 aromatic carbocycles. The quantitative estimate of drug-likeness (QED) is 0.836. The van der Waals surface area contributed by atoms with Gasteiger partial charge in [0.2, 0.25) is 5.91 Å². The van der Waals surface area contributed by atoms with Crippen LogP contribution in [-0.4, -0.2) is 48.1 Å². The minimum absolute atomic E-state index is 0.187. The molecule has 6 nitrogen and oxygen atoms in total. The van der Waals surface area contributed by atoms with Gasteiger partial charge in [0.25, 0.3) is 0 Å². The molecule has 6 heteroatoms. The average molecular weight is 331 g/mol. The molecular formula is C18H25N3O3. The Morgan fingerprint density at radius 2 is 2.08 bits per heavy atom. The molecule has 2 aliphatic rings. The number of piperidine rings is 1. The molecule has 1 aromatic rings. The van der Waals surface area contributed by atoms with Crippen LogP contribution in [-0.2, 0) is 9.53 Å². The SMILES string of the molecule is CC(C)(C)C(=O)N1CCC[C@@H](c2cccc(N3CCOC3=O)n2)C1. The third-order valence-corrected chi connectivity index (χ3v) is 4.56. The van der Waals surface area contributed by atoms with Crippen LogP contribution in [0.2, 0.25) is 0 Å². The second-order valence-corrected chi connectivity index (χ2v) is 7.53. The van der Waals surface area contributed by atoms with Crippen LogP contribution in [0.1, 0.15) is 45.2 Å². The van der Waals surface area contributed by atoms with Crippen LogP contribution in [0, 0.1) is 5.41 Å². The van der Waals surface area contributed by atoms with Crippen molar-refractivity contribution >= 4 is 17.8 Å². The highest BCUT2D eigenvalue weighted by molar-refractivity contribution is 5.88. The highest BCUT2D eigenvalue weighted by Gasteiger charge is 2.32. The molecule has 3 heterocycles. The van der Waals surface area contributed by atoms with E-state index in [2.05, 4.69) is 4.98 Å². The predicted octanol–water partition coefficient (Wildman–Crippen LogP) is 2.79. The fourth-order valence-corrected chi connectivity index (χ4v) is 3.30. The molecule has 0 bridgehead atoms. The van der Waals surface area contributed by atoms with Crippen LogP contribution in [0.4, 0.5) is 10.6 Å². The van der Waals surface area contributed by atoms with Crippen molar-refractivity contribution in [3.63, 3.8) is 0 Å². The van der Waals surface area contributed by atoms with Gasteiger partial charge in [-0.1, -0.05) is 26.8 Å². The first kappa shape index (κ1) is 16.7. The normalized spacial score (nSPS) is 21.8. The molecule has 3 rings (SSSR count). The highest BCUT2D eigenvalue weighted by Crippen LogP contribution is 2.30. The van der Waals surface area contributed by atoms with Crippen LogP contribution in [0.15, 0.2) is 18.2 Å². The second kappa shape index (κ2) is 6.42. The first-order chi connectivity index (χ1) is 11.4. The Balaban J connectivity index is 1.76. The molecule has 2 amide bonds. The Morgan fingerprint density at radius 3 is 2.75 bits per heavy atom. The van der Waals surface area contributed by atoms with Crippen molar-refractivity contribution in [3.05, 3.63) is 23.9 Å². The lowest BCUT2D eigenvalue weighted by molar-refractivity contribution is -0.140. The summed E-state index contributed by atoms with van der Waals surface area (Å²) in [4.78, 5) is 32.5. The van der Waals surface area contributed by atoms with E-state index < -0.39 is 0 Å². The van der Waals surface area contributed by atoms with E-state index in [4.69, 9.17) is 4.74 Å². The number of carbonyl (C=O) groups excluding carboxylic acids is 2. The summed E-state index contributed by atoms with van der Waals surface area (Å²) in [6.07, 6.45) is 1.65. The van der Waals surface area contributed by atoms with Crippen LogP contribution >= 0.6 is 0 Å². The monoisotopic (exact) mass is 331 g/mol. The molecule has 2 saturated heterocycles. The fourth-order valence-electron chi connectivity index (χ4n) is 3.30. The van der Waals surface area contributed by atoms with E-state index in [1.54, 1.807) is 4.90 Å². The van der Waals surface area contributed by atoms with E-state index in [9.17, 15) is 9.59 Å². The third-order valence-electron chi connectivity index (χ3n) is 4.56. The molecule has 0 unspecified atom stereocenters. The first-order valence-corrected chi connectivity index (χ1v) is 8.57. The van der Waals surface area contributed by atoms with Crippen molar-refractivity contribution in [1.82, 2.24) is 9.88 Å². The lowest BCUT2D eigenvalue weighted by atomic mass is 9.90. The number of cyclic esters (lactones) is 1. The summed E-state index contributed by atoms with van der Waals surface area (Å²) in [5, 5.41) is 0. The fraction of sp³-hybridized carbons (Fsp3) is 0.611. The summed E-state index contributed by atoms with van der Waals surface area (Å²) in [6, 6.07) is 5.74. The summed E-state index contributed by atoms with van der Waals surface area (Å²) < 4.78 is 4.99. The minimum Gasteiger partial charge on any atom is -0.447 e. The molecule has 0 saturated carbocycles. The van der Waals surface area contributed by atoms with Crippen LogP contribution in [0.3, 0.4) is 0 Å². The third kappa shape index (κ3) is 3.37. The molecule has 0 N–H and O–H groups in total. The number of hydrogen-bond donors (Lipinski definition) is 0. The van der Waals surface area contributed by atoms with E-state index >= 15 is 0 Å². The van der Waals surface area contributed by atoms with Crippen LogP contribution in [0.25, 0.3) is 0 Å². The van der Waals surface area contributed by atoms with E-state index in [0.29, 0.717) is 25.5 Å². The summed E-state index contributed by atoms with van der Waals surface area (Å²) in [7, 11) is 0. The summed E-state index contributed by atoms with van der Waals surface area (Å²) in [5.74, 6) is 1.03. The molecular weight excluding hydrogens is 306 g/mol. The lowest BCUT2D eigenvalue weighted by Crippen LogP contribution is -2.44. The number of nitrogens with zero attached hydrogens (tertiary/aromatic N) is 3. The molecule has 0 aliphatic carbocycles. The van der Waals surface area contributed by atoms with Gasteiger partial charge in [-0.3, -0.25) is 9.69 Å². The molecule has 1 aromatic heterocycles. The maximum Gasteiger partial charge on any atom is 0.415 e. The van der Waals surface area contributed by atoms with Crippen molar-refractivity contribution in [1.29, 1.82) is 0 Å². The standard InChI is InChI=1S/C18H25N3O3/c1-18(2,3)16(22)20-9-5-6-13(12-20)14-7-4-8-15(19-14)21-10-11-24-17(21)23/h4,7-8,13H,5-6,9-12H2,1-3H3/t13-/m1/s1. The molecule has 2 aliphatic heterocycles. The van der Waals surface area contributed by atoms with Gasteiger partial charge in [-0.05, 0) is 25.0 Å². The van der Waals surface area contributed by atoms with Crippen molar-refractivity contribution in [2.24, 2.45) is 5.41 Å². The maximum absolute atomic E-state index is 12.6.